The predicted molar refractivity (Wildman–Crippen MR) is 48.0 cm³/mol. The largest absolute Gasteiger partial charge is 0.0958 e. The van der Waals surface area contributed by atoms with E-state index < -0.39 is 0 Å². The van der Waals surface area contributed by atoms with Crippen molar-refractivity contribution in [3.63, 3.8) is 0 Å². The first-order valence-electron chi connectivity index (χ1n) is 3.55. The lowest BCUT2D eigenvalue weighted by Crippen LogP contribution is -1.80. The molecule has 0 bridgehead atoms. The zero-order valence-corrected chi connectivity index (χ0v) is 7.36. The van der Waals surface area contributed by atoms with Crippen LogP contribution in [0.4, 0.5) is 0 Å². The summed E-state index contributed by atoms with van der Waals surface area (Å²) in [4.78, 5) is 0. The molecule has 0 rings (SSSR count). The van der Waals surface area contributed by atoms with Crippen LogP contribution >= 0.6 is 0 Å². The van der Waals surface area contributed by atoms with Gasteiger partial charge in [-0.05, 0) is 38.8 Å². The average Bonchev–Trinajstić information content (AvgIpc) is 1.87. The first-order chi connectivity index (χ1) is 4.59. The molecule has 0 amide bonds. The van der Waals surface area contributed by atoms with Crippen molar-refractivity contribution in [2.75, 3.05) is 0 Å². The Hall–Kier alpha value is -0.780. The fourth-order valence-corrected chi connectivity index (χ4v) is 0.712. The molecule has 0 saturated heterocycles. The summed E-state index contributed by atoms with van der Waals surface area (Å²) in [5.41, 5.74) is 3.74. The van der Waals surface area contributed by atoms with Crippen LogP contribution in [0.2, 0.25) is 0 Å². The highest BCUT2D eigenvalue weighted by Gasteiger charge is 1.91. The van der Waals surface area contributed by atoms with Crippen LogP contribution in [-0.2, 0) is 0 Å². The molecule has 0 aromatic heterocycles. The molecular formula is C10H16. The highest BCUT2D eigenvalue weighted by molar-refractivity contribution is 5.34. The monoisotopic (exact) mass is 136 g/mol. The van der Waals surface area contributed by atoms with E-state index in [2.05, 4.69) is 26.5 Å². The van der Waals surface area contributed by atoms with Crippen molar-refractivity contribution >= 4 is 0 Å². The van der Waals surface area contributed by atoms with Crippen molar-refractivity contribution in [2.24, 2.45) is 0 Å². The van der Waals surface area contributed by atoms with Gasteiger partial charge >= 0.3 is 0 Å². The van der Waals surface area contributed by atoms with Gasteiger partial charge in [0.05, 0.1) is 0 Å². The molecule has 0 saturated carbocycles. The van der Waals surface area contributed by atoms with Crippen molar-refractivity contribution in [1.29, 1.82) is 0 Å². The summed E-state index contributed by atoms with van der Waals surface area (Å²) in [6, 6.07) is 0. The second kappa shape index (κ2) is 4.10. The van der Waals surface area contributed by atoms with E-state index in [9.17, 15) is 0 Å². The van der Waals surface area contributed by atoms with E-state index in [0.717, 1.165) is 5.57 Å². The molecule has 0 aliphatic heterocycles. The summed E-state index contributed by atoms with van der Waals surface area (Å²) < 4.78 is 0. The minimum Gasteiger partial charge on any atom is -0.0958 e. The minimum absolute atomic E-state index is 1.15. The van der Waals surface area contributed by atoms with E-state index in [1.165, 1.54) is 11.1 Å². The quantitative estimate of drug-likeness (QED) is 0.510. The van der Waals surface area contributed by atoms with Gasteiger partial charge in [-0.2, -0.15) is 0 Å². The average molecular weight is 136 g/mol. The highest BCUT2D eigenvalue weighted by atomic mass is 14.0. The van der Waals surface area contributed by atoms with Crippen molar-refractivity contribution in [1.82, 2.24) is 0 Å². The van der Waals surface area contributed by atoms with Gasteiger partial charge in [0.25, 0.3) is 0 Å². The lowest BCUT2D eigenvalue weighted by Gasteiger charge is -2.01. The van der Waals surface area contributed by atoms with Crippen LogP contribution < -0.4 is 0 Å². The van der Waals surface area contributed by atoms with E-state index in [-0.39, 0.29) is 0 Å². The summed E-state index contributed by atoms with van der Waals surface area (Å²) >= 11 is 0. The Morgan fingerprint density at radius 3 is 2.00 bits per heavy atom. The summed E-state index contributed by atoms with van der Waals surface area (Å²) in [5, 5.41) is 0. The maximum atomic E-state index is 3.87. The third-order valence-corrected chi connectivity index (χ3v) is 1.65. The fourth-order valence-electron chi connectivity index (χ4n) is 0.712. The Morgan fingerprint density at radius 2 is 1.70 bits per heavy atom. The molecule has 0 fully saturated rings. The molecule has 0 nitrogen and oxygen atoms in total. The van der Waals surface area contributed by atoms with Crippen molar-refractivity contribution in [2.45, 2.75) is 27.7 Å². The van der Waals surface area contributed by atoms with Gasteiger partial charge in [-0.1, -0.05) is 24.3 Å². The number of allylic oxidation sites excluding steroid dienone is 5. The first-order valence-corrected chi connectivity index (χ1v) is 3.55. The van der Waals surface area contributed by atoms with E-state index >= 15 is 0 Å². The lowest BCUT2D eigenvalue weighted by atomic mass is 10.1. The molecule has 10 heavy (non-hydrogen) atoms. The predicted octanol–water partition coefficient (Wildman–Crippen LogP) is 3.48. The SMILES string of the molecule is C=C(C)/C(C)=C(C)/C=C\C. The molecule has 0 unspecified atom stereocenters. The zero-order chi connectivity index (χ0) is 8.15. The maximum absolute atomic E-state index is 3.87. The van der Waals surface area contributed by atoms with Gasteiger partial charge in [0.2, 0.25) is 0 Å². The standard InChI is InChI=1S/C10H16/c1-6-7-9(4)10(5)8(2)3/h6-7H,2H2,1,3-5H3/b7-6-,10-9+. The molecule has 0 aromatic rings. The van der Waals surface area contributed by atoms with Crippen LogP contribution in [0.25, 0.3) is 0 Å². The molecule has 0 aromatic carbocycles. The second-order valence-electron chi connectivity index (χ2n) is 2.59. The minimum atomic E-state index is 1.15. The molecule has 0 aliphatic rings. The molecule has 56 valence electrons. The Labute approximate surface area is 64.0 Å². The van der Waals surface area contributed by atoms with Crippen LogP contribution in [0, 0.1) is 0 Å². The molecule has 0 aliphatic carbocycles. The Kier molecular flexibility index (Phi) is 3.78. The smallest absolute Gasteiger partial charge is 0.0393 e. The Bertz CT molecular complexity index is 180. The highest BCUT2D eigenvalue weighted by Crippen LogP contribution is 2.11. The summed E-state index contributed by atoms with van der Waals surface area (Å²) in [5.74, 6) is 0. The summed E-state index contributed by atoms with van der Waals surface area (Å²) in [6.45, 7) is 12.1. The normalized spacial score (nSPS) is 13.6. The second-order valence-corrected chi connectivity index (χ2v) is 2.59. The molecular weight excluding hydrogens is 120 g/mol. The number of hydrogen-bond acceptors (Lipinski definition) is 0. The van der Waals surface area contributed by atoms with Gasteiger partial charge < -0.3 is 0 Å². The fraction of sp³-hybridized carbons (Fsp3) is 0.400. The number of hydrogen-bond donors (Lipinski definition) is 0. The van der Waals surface area contributed by atoms with Gasteiger partial charge in [-0.25, -0.2) is 0 Å². The van der Waals surface area contributed by atoms with Gasteiger partial charge in [0, 0.05) is 0 Å². The van der Waals surface area contributed by atoms with E-state index in [1.54, 1.807) is 0 Å². The third-order valence-electron chi connectivity index (χ3n) is 1.65. The van der Waals surface area contributed by atoms with E-state index in [4.69, 9.17) is 0 Å². The zero-order valence-electron chi connectivity index (χ0n) is 7.36. The van der Waals surface area contributed by atoms with Crippen LogP contribution in [0.15, 0.2) is 35.5 Å². The van der Waals surface area contributed by atoms with Crippen LogP contribution in [-0.4, -0.2) is 0 Å². The molecule has 0 atom stereocenters. The van der Waals surface area contributed by atoms with Crippen LogP contribution in [0.1, 0.15) is 27.7 Å². The van der Waals surface area contributed by atoms with E-state index in [0.29, 0.717) is 0 Å². The van der Waals surface area contributed by atoms with Crippen LogP contribution in [0.5, 0.6) is 0 Å². The first kappa shape index (κ1) is 9.22. The molecule has 0 heterocycles. The van der Waals surface area contributed by atoms with Gasteiger partial charge in [-0.15, -0.1) is 0 Å². The van der Waals surface area contributed by atoms with Gasteiger partial charge in [-0.3, -0.25) is 0 Å². The summed E-state index contributed by atoms with van der Waals surface area (Å²) in [6.07, 6.45) is 4.14. The van der Waals surface area contributed by atoms with Gasteiger partial charge in [0.15, 0.2) is 0 Å². The topological polar surface area (TPSA) is 0 Å². The molecule has 0 N–H and O–H groups in total. The Morgan fingerprint density at radius 1 is 1.20 bits per heavy atom. The lowest BCUT2D eigenvalue weighted by molar-refractivity contribution is 1.28. The molecule has 0 radical (unpaired) electrons. The molecule has 0 spiro atoms. The maximum Gasteiger partial charge on any atom is -0.0393 e. The van der Waals surface area contributed by atoms with Crippen molar-refractivity contribution in [3.8, 4) is 0 Å². The number of rotatable bonds is 2. The Balaban J connectivity index is 4.50. The third kappa shape index (κ3) is 2.67. The van der Waals surface area contributed by atoms with E-state index in [1.807, 2.05) is 19.9 Å². The van der Waals surface area contributed by atoms with Crippen molar-refractivity contribution < 1.29 is 0 Å². The van der Waals surface area contributed by atoms with Gasteiger partial charge in [0.1, 0.15) is 0 Å². The van der Waals surface area contributed by atoms with Crippen molar-refractivity contribution in [3.05, 3.63) is 35.5 Å². The molecule has 0 heteroatoms. The van der Waals surface area contributed by atoms with Crippen LogP contribution in [0.3, 0.4) is 0 Å². The summed E-state index contributed by atoms with van der Waals surface area (Å²) in [7, 11) is 0.